The Morgan fingerprint density at radius 1 is 0.810 bits per heavy atom. The van der Waals surface area contributed by atoms with Gasteiger partial charge in [0, 0.05) is 8.95 Å². The molecule has 0 saturated heterocycles. The van der Waals surface area contributed by atoms with Crippen LogP contribution in [0.1, 0.15) is 0 Å². The average Bonchev–Trinajstić information content (AvgIpc) is 2.45. The molecule has 2 aromatic carbocycles. The van der Waals surface area contributed by atoms with E-state index in [0.717, 1.165) is 0 Å². The first-order valence-corrected chi connectivity index (χ1v) is 7.15. The van der Waals surface area contributed by atoms with E-state index in [1.165, 1.54) is 12.2 Å². The Morgan fingerprint density at radius 3 is 1.57 bits per heavy atom. The second kappa shape index (κ2) is 7.11. The number of aliphatic imine (C=N–C) groups is 2. The highest BCUT2D eigenvalue weighted by molar-refractivity contribution is 9.11. The zero-order valence-electron chi connectivity index (χ0n) is 10.3. The molecule has 0 radical (unpaired) electrons. The summed E-state index contributed by atoms with van der Waals surface area (Å²) in [4.78, 5) is 27.6. The van der Waals surface area contributed by atoms with Gasteiger partial charge in [0.05, 0.1) is 11.4 Å². The summed E-state index contributed by atoms with van der Waals surface area (Å²) in [7, 11) is 0. The molecule has 0 aliphatic carbocycles. The number of ether oxygens (including phenoxy) is 1. The minimum atomic E-state index is 0.467. The van der Waals surface area contributed by atoms with Crippen molar-refractivity contribution in [3.8, 4) is 11.5 Å². The van der Waals surface area contributed by atoms with E-state index in [9.17, 15) is 9.59 Å². The number of carbonyl (C=O) groups excluding carboxylic acids is 2. The third kappa shape index (κ3) is 3.97. The van der Waals surface area contributed by atoms with E-state index < -0.39 is 0 Å². The average molecular weight is 410 g/mol. The summed E-state index contributed by atoms with van der Waals surface area (Å²) in [5.74, 6) is 1.12. The van der Waals surface area contributed by atoms with Gasteiger partial charge in [-0.1, -0.05) is 0 Å². The van der Waals surface area contributed by atoms with Crippen LogP contribution in [0.2, 0.25) is 0 Å². The lowest BCUT2D eigenvalue weighted by atomic mass is 10.3. The van der Waals surface area contributed by atoms with E-state index >= 15 is 0 Å². The number of isocyanates is 2. The molecule has 0 fully saturated rings. The summed E-state index contributed by atoms with van der Waals surface area (Å²) in [6.45, 7) is 0. The van der Waals surface area contributed by atoms with Crippen molar-refractivity contribution in [2.75, 3.05) is 0 Å². The summed E-state index contributed by atoms with van der Waals surface area (Å²) in [5, 5.41) is 0. The Hall–Kier alpha value is -2.04. The normalized spacial score (nSPS) is 9.43. The third-order valence-electron chi connectivity index (χ3n) is 2.41. The van der Waals surface area contributed by atoms with Crippen LogP contribution in [0.25, 0.3) is 0 Å². The second-order valence-corrected chi connectivity index (χ2v) is 5.44. The van der Waals surface area contributed by atoms with Crippen LogP contribution in [0.15, 0.2) is 55.3 Å². The van der Waals surface area contributed by atoms with Gasteiger partial charge in [0.15, 0.2) is 0 Å². The van der Waals surface area contributed by atoms with Crippen LogP contribution in [-0.4, -0.2) is 12.2 Å². The Kier molecular flexibility index (Phi) is 5.20. The molecule has 0 aliphatic rings. The van der Waals surface area contributed by atoms with Crippen molar-refractivity contribution < 1.29 is 14.3 Å². The molecule has 0 heterocycles. The molecule has 104 valence electrons. The summed E-state index contributed by atoms with van der Waals surface area (Å²) in [5.41, 5.74) is 0.934. The standard InChI is InChI=1S/C14H6Br2N2O3/c15-11-5-9(1-3-13(11)17-7-19)21-10-2-4-14(18-8-20)12(16)6-10/h1-6H. The van der Waals surface area contributed by atoms with Crippen molar-refractivity contribution in [2.45, 2.75) is 0 Å². The fourth-order valence-corrected chi connectivity index (χ4v) is 2.41. The Balaban J connectivity index is 2.26. The molecule has 21 heavy (non-hydrogen) atoms. The zero-order chi connectivity index (χ0) is 15.2. The fraction of sp³-hybridized carbons (Fsp3) is 0. The molecule has 0 aromatic heterocycles. The number of hydrogen-bond donors (Lipinski definition) is 0. The van der Waals surface area contributed by atoms with Crippen LogP contribution in [0.5, 0.6) is 11.5 Å². The molecule has 7 heteroatoms. The molecule has 0 unspecified atom stereocenters. The van der Waals surface area contributed by atoms with Crippen LogP contribution in [0.3, 0.4) is 0 Å². The smallest absolute Gasteiger partial charge is 0.240 e. The summed E-state index contributed by atoms with van der Waals surface area (Å²) in [6.07, 6.45) is 2.95. The minimum Gasteiger partial charge on any atom is -0.457 e. The Morgan fingerprint density at radius 2 is 1.24 bits per heavy atom. The summed E-state index contributed by atoms with van der Waals surface area (Å²) >= 11 is 6.58. The van der Waals surface area contributed by atoms with Crippen molar-refractivity contribution in [3.05, 3.63) is 45.3 Å². The van der Waals surface area contributed by atoms with Crippen LogP contribution in [0, 0.1) is 0 Å². The van der Waals surface area contributed by atoms with E-state index in [1.807, 2.05) is 0 Å². The second-order valence-electron chi connectivity index (χ2n) is 3.73. The number of benzene rings is 2. The lowest BCUT2D eigenvalue weighted by Gasteiger charge is -2.08. The zero-order valence-corrected chi connectivity index (χ0v) is 13.5. The molecule has 0 spiro atoms. The molecule has 0 atom stereocenters. The van der Waals surface area contributed by atoms with Crippen molar-refractivity contribution >= 4 is 55.4 Å². The Bertz CT molecular complexity index is 714. The van der Waals surface area contributed by atoms with Gasteiger partial charge in [-0.2, -0.15) is 9.98 Å². The molecular weight excluding hydrogens is 404 g/mol. The van der Waals surface area contributed by atoms with Gasteiger partial charge in [0.1, 0.15) is 11.5 Å². The molecule has 0 amide bonds. The molecule has 0 bridgehead atoms. The predicted octanol–water partition coefficient (Wildman–Crippen LogP) is 4.94. The van der Waals surface area contributed by atoms with E-state index in [2.05, 4.69) is 41.8 Å². The maximum absolute atomic E-state index is 10.2. The van der Waals surface area contributed by atoms with Gasteiger partial charge >= 0.3 is 0 Å². The molecule has 5 nitrogen and oxygen atoms in total. The van der Waals surface area contributed by atoms with Crippen LogP contribution >= 0.6 is 31.9 Å². The van der Waals surface area contributed by atoms with E-state index in [0.29, 0.717) is 31.8 Å². The van der Waals surface area contributed by atoms with Crippen molar-refractivity contribution in [3.63, 3.8) is 0 Å². The maximum atomic E-state index is 10.2. The highest BCUT2D eigenvalue weighted by Gasteiger charge is 2.05. The molecule has 2 aromatic rings. The van der Waals surface area contributed by atoms with Gasteiger partial charge in [0.25, 0.3) is 0 Å². The van der Waals surface area contributed by atoms with Gasteiger partial charge in [-0.25, -0.2) is 9.59 Å². The highest BCUT2D eigenvalue weighted by Crippen LogP contribution is 2.34. The fourth-order valence-electron chi connectivity index (χ4n) is 1.52. The first-order chi connectivity index (χ1) is 10.1. The van der Waals surface area contributed by atoms with Gasteiger partial charge in [-0.05, 0) is 68.3 Å². The topological polar surface area (TPSA) is 68.1 Å². The molecular formula is C14H6Br2N2O3. The molecule has 2 rings (SSSR count). The quantitative estimate of drug-likeness (QED) is 0.530. The van der Waals surface area contributed by atoms with Crippen molar-refractivity contribution in [1.29, 1.82) is 0 Å². The third-order valence-corrected chi connectivity index (χ3v) is 3.68. The first kappa shape index (κ1) is 15.4. The summed E-state index contributed by atoms with van der Waals surface area (Å²) < 4.78 is 6.90. The number of hydrogen-bond acceptors (Lipinski definition) is 5. The predicted molar refractivity (Wildman–Crippen MR) is 83.9 cm³/mol. The number of rotatable bonds is 4. The van der Waals surface area contributed by atoms with Crippen molar-refractivity contribution in [2.24, 2.45) is 9.98 Å². The van der Waals surface area contributed by atoms with Crippen LogP contribution in [-0.2, 0) is 9.59 Å². The van der Waals surface area contributed by atoms with E-state index in [4.69, 9.17) is 4.74 Å². The van der Waals surface area contributed by atoms with Gasteiger partial charge in [-0.15, -0.1) is 0 Å². The molecule has 0 saturated carbocycles. The maximum Gasteiger partial charge on any atom is 0.240 e. The van der Waals surface area contributed by atoms with Gasteiger partial charge < -0.3 is 4.74 Å². The largest absolute Gasteiger partial charge is 0.457 e. The van der Waals surface area contributed by atoms with E-state index in [-0.39, 0.29) is 0 Å². The number of nitrogens with zero attached hydrogens (tertiary/aromatic N) is 2. The van der Waals surface area contributed by atoms with Crippen LogP contribution in [0.4, 0.5) is 11.4 Å². The highest BCUT2D eigenvalue weighted by atomic mass is 79.9. The Labute approximate surface area is 136 Å². The molecule has 0 aliphatic heterocycles. The minimum absolute atomic E-state index is 0.467. The lowest BCUT2D eigenvalue weighted by Crippen LogP contribution is -1.84. The first-order valence-electron chi connectivity index (χ1n) is 5.56. The summed E-state index contributed by atoms with van der Waals surface area (Å²) in [6, 6.07) is 9.97. The SMILES string of the molecule is O=C=Nc1ccc(Oc2ccc(N=C=O)c(Br)c2)cc1Br. The van der Waals surface area contributed by atoms with Crippen molar-refractivity contribution in [1.82, 2.24) is 0 Å². The number of halogens is 2. The van der Waals surface area contributed by atoms with Crippen LogP contribution < -0.4 is 4.74 Å². The molecule has 0 N–H and O–H groups in total. The lowest BCUT2D eigenvalue weighted by molar-refractivity contribution is 0.482. The van der Waals surface area contributed by atoms with Gasteiger partial charge in [-0.3, -0.25) is 0 Å². The van der Waals surface area contributed by atoms with Gasteiger partial charge in [0.2, 0.25) is 12.2 Å². The monoisotopic (exact) mass is 408 g/mol. The van der Waals surface area contributed by atoms with E-state index in [1.54, 1.807) is 36.4 Å².